The van der Waals surface area contributed by atoms with Gasteiger partial charge in [-0.15, -0.1) is 0 Å². The van der Waals surface area contributed by atoms with E-state index in [-0.39, 0.29) is 22.1 Å². The van der Waals surface area contributed by atoms with E-state index >= 15 is 0 Å². The highest BCUT2D eigenvalue weighted by Crippen LogP contribution is 2.49. The van der Waals surface area contributed by atoms with E-state index in [1.54, 1.807) is 24.3 Å². The Morgan fingerprint density at radius 2 is 1.77 bits per heavy atom. The number of hydrogen-bond donors (Lipinski definition) is 0. The molecule has 2 bridgehead atoms. The first-order valence-electron chi connectivity index (χ1n) is 10.2. The number of fused-ring (bicyclic) bond motifs is 2. The van der Waals surface area contributed by atoms with Crippen molar-refractivity contribution >= 4 is 30.0 Å². The van der Waals surface area contributed by atoms with Gasteiger partial charge in [0, 0.05) is 0 Å². The Morgan fingerprint density at radius 1 is 1.20 bits per heavy atom. The lowest BCUT2D eigenvalue weighted by molar-refractivity contribution is -0.158. The molecule has 0 saturated carbocycles. The second-order valence-corrected chi connectivity index (χ2v) is 16.4. The maximum absolute atomic E-state index is 13.8. The molecule has 1 aromatic rings. The Bertz CT molecular complexity index is 1010. The van der Waals surface area contributed by atoms with Gasteiger partial charge >= 0.3 is 0 Å². The van der Waals surface area contributed by atoms with Crippen LogP contribution in [0.2, 0.25) is 18.1 Å². The number of Topliss-reactive ketones (excluding diaryl/α,β-unsaturated/α-hetero) is 1. The fourth-order valence-corrected chi connectivity index (χ4v) is 6.91. The number of hydrogen-bond acceptors (Lipinski definition) is 5. The molecule has 1 amide bonds. The number of sulfonamides is 1. The van der Waals surface area contributed by atoms with Crippen LogP contribution in [0.4, 0.5) is 0 Å². The summed E-state index contributed by atoms with van der Waals surface area (Å²) < 4.78 is 34.3. The van der Waals surface area contributed by atoms with E-state index in [0.717, 1.165) is 9.87 Å². The first-order valence-corrected chi connectivity index (χ1v) is 14.5. The van der Waals surface area contributed by atoms with E-state index in [9.17, 15) is 18.0 Å². The maximum Gasteiger partial charge on any atom is 0.272 e. The lowest BCUT2D eigenvalue weighted by atomic mass is 9.72. The van der Waals surface area contributed by atoms with Crippen LogP contribution in [0.15, 0.2) is 41.3 Å². The molecule has 0 aromatic heterocycles. The summed E-state index contributed by atoms with van der Waals surface area (Å²) in [5, 5.41) is -0.216. The van der Waals surface area contributed by atoms with Crippen molar-refractivity contribution in [2.45, 2.75) is 75.7 Å². The van der Waals surface area contributed by atoms with E-state index in [4.69, 9.17) is 4.43 Å². The Hall–Kier alpha value is -1.77. The van der Waals surface area contributed by atoms with Gasteiger partial charge in [-0.25, -0.2) is 12.7 Å². The van der Waals surface area contributed by atoms with Crippen LogP contribution in [-0.2, 0) is 24.0 Å². The quantitative estimate of drug-likeness (QED) is 0.504. The van der Waals surface area contributed by atoms with E-state index in [2.05, 4.69) is 0 Å². The molecule has 0 N–H and O–H groups in total. The summed E-state index contributed by atoms with van der Waals surface area (Å²) in [5.41, 5.74) is -0.656. The van der Waals surface area contributed by atoms with E-state index in [1.165, 1.54) is 19.1 Å². The molecule has 0 unspecified atom stereocenters. The molecule has 3 atom stereocenters. The summed E-state index contributed by atoms with van der Waals surface area (Å²) in [4.78, 5) is 26.3. The number of carbonyl (C=O) groups is 2. The molecule has 6 nitrogen and oxygen atoms in total. The van der Waals surface area contributed by atoms with Crippen molar-refractivity contribution in [2.24, 2.45) is 5.92 Å². The van der Waals surface area contributed by atoms with E-state index < -0.39 is 41.8 Å². The van der Waals surface area contributed by atoms with E-state index in [0.29, 0.717) is 0 Å². The number of amides is 1. The van der Waals surface area contributed by atoms with Crippen molar-refractivity contribution in [1.82, 2.24) is 4.31 Å². The van der Waals surface area contributed by atoms with Crippen LogP contribution >= 0.6 is 0 Å². The number of ketones is 1. The average molecular weight is 450 g/mol. The van der Waals surface area contributed by atoms with Gasteiger partial charge in [-0.2, -0.15) is 0 Å². The topological polar surface area (TPSA) is 80.8 Å². The highest BCUT2D eigenvalue weighted by molar-refractivity contribution is 7.89. The first-order chi connectivity index (χ1) is 13.6. The molecule has 2 heterocycles. The molecule has 0 spiro atoms. The molecule has 2 aliphatic heterocycles. The molecule has 30 heavy (non-hydrogen) atoms. The number of carbonyl (C=O) groups excluding carboxylic acids is 2. The Morgan fingerprint density at radius 3 is 2.27 bits per heavy atom. The third kappa shape index (κ3) is 3.48. The molecule has 8 heteroatoms. The molecule has 1 aromatic carbocycles. The second-order valence-electron chi connectivity index (χ2n) is 9.90. The normalized spacial score (nSPS) is 26.9. The van der Waals surface area contributed by atoms with Gasteiger partial charge in [0.1, 0.15) is 5.78 Å². The van der Waals surface area contributed by atoms with Crippen molar-refractivity contribution in [3.8, 4) is 0 Å². The predicted molar refractivity (Wildman–Crippen MR) is 118 cm³/mol. The molecule has 0 radical (unpaired) electrons. The lowest BCUT2D eigenvalue weighted by Crippen LogP contribution is -2.69. The summed E-state index contributed by atoms with van der Waals surface area (Å²) in [5.74, 6) is -1.52. The highest BCUT2D eigenvalue weighted by atomic mass is 32.2. The number of benzene rings is 1. The van der Waals surface area contributed by atoms with Crippen molar-refractivity contribution in [3.63, 3.8) is 0 Å². The van der Waals surface area contributed by atoms with Crippen LogP contribution in [0.1, 0.15) is 39.7 Å². The molecular formula is C22H31NO5SSi. The average Bonchev–Trinajstić information content (AvgIpc) is 2.61. The maximum atomic E-state index is 13.8. The fourth-order valence-electron chi connectivity index (χ4n) is 3.89. The van der Waals surface area contributed by atoms with Crippen molar-refractivity contribution in [3.05, 3.63) is 42.0 Å². The third-order valence-electron chi connectivity index (χ3n) is 6.70. The predicted octanol–water partition coefficient (Wildman–Crippen LogP) is 3.82. The molecule has 1 aliphatic carbocycles. The van der Waals surface area contributed by atoms with Gasteiger partial charge in [-0.3, -0.25) is 9.59 Å². The van der Waals surface area contributed by atoms with Gasteiger partial charge in [0.15, 0.2) is 13.9 Å². The van der Waals surface area contributed by atoms with E-state index in [1.807, 2.05) is 40.8 Å². The number of rotatable bonds is 5. The van der Waals surface area contributed by atoms with Gasteiger partial charge in [0.25, 0.3) is 15.9 Å². The molecule has 1 fully saturated rings. The summed E-state index contributed by atoms with van der Waals surface area (Å²) in [6.45, 7) is 13.4. The molecule has 1 saturated heterocycles. The number of aryl methyl sites for hydroxylation is 1. The van der Waals surface area contributed by atoms with Crippen LogP contribution in [-0.4, -0.2) is 44.4 Å². The standard InChI is InChI=1S/C22H31NO5SSi/c1-15-8-10-18(11-9-15)29(26,27)23-17-12-13-22(20(23)25,19(14-17)16(2)24)28-30(6,7)21(3,4)5/h8-13,17,19H,14H2,1-7H3/t17-,19-,22-/m0/s1. The Labute approximate surface area is 180 Å². The Balaban J connectivity index is 2.12. The zero-order chi connectivity index (χ0) is 22.7. The minimum atomic E-state index is -4.08. The summed E-state index contributed by atoms with van der Waals surface area (Å²) in [7, 11) is -6.59. The van der Waals surface area contributed by atoms with Crippen molar-refractivity contribution in [1.29, 1.82) is 0 Å². The Kier molecular flexibility index (Phi) is 5.45. The minimum absolute atomic E-state index is 0.0595. The zero-order valence-corrected chi connectivity index (χ0v) is 20.5. The first kappa shape index (κ1) is 22.9. The van der Waals surface area contributed by atoms with Gasteiger partial charge < -0.3 is 4.43 Å². The zero-order valence-electron chi connectivity index (χ0n) is 18.7. The third-order valence-corrected chi connectivity index (χ3v) is 13.0. The summed E-state index contributed by atoms with van der Waals surface area (Å²) in [6, 6.07) is 5.73. The largest absolute Gasteiger partial charge is 0.399 e. The van der Waals surface area contributed by atoms with Crippen LogP contribution in [0.3, 0.4) is 0 Å². The second kappa shape index (κ2) is 7.14. The van der Waals surface area contributed by atoms with Crippen LogP contribution < -0.4 is 0 Å². The summed E-state index contributed by atoms with van der Waals surface area (Å²) >= 11 is 0. The molecular weight excluding hydrogens is 418 g/mol. The van der Waals surface area contributed by atoms with Crippen molar-refractivity contribution in [2.75, 3.05) is 0 Å². The van der Waals surface area contributed by atoms with Crippen LogP contribution in [0.25, 0.3) is 0 Å². The SMILES string of the molecule is CC(=O)[C@@H]1C[C@@H]2C=C[C@@]1(O[Si](C)(C)C(C)(C)C)C(=O)N2S(=O)(=O)c1ccc(C)cc1. The monoisotopic (exact) mass is 449 g/mol. The van der Waals surface area contributed by atoms with Crippen LogP contribution in [0, 0.1) is 12.8 Å². The summed E-state index contributed by atoms with van der Waals surface area (Å²) in [6.07, 6.45) is 3.58. The minimum Gasteiger partial charge on any atom is -0.399 e. The van der Waals surface area contributed by atoms with Gasteiger partial charge in [0.05, 0.1) is 16.9 Å². The number of piperidine rings is 1. The molecule has 164 valence electrons. The van der Waals surface area contributed by atoms with Crippen molar-refractivity contribution < 1.29 is 22.4 Å². The highest BCUT2D eigenvalue weighted by Gasteiger charge is 2.62. The number of nitrogens with zero attached hydrogens (tertiary/aromatic N) is 1. The van der Waals surface area contributed by atoms with Gasteiger partial charge in [-0.1, -0.05) is 44.5 Å². The van der Waals surface area contributed by atoms with Gasteiger partial charge in [-0.05, 0) is 56.6 Å². The molecule has 4 rings (SSSR count). The van der Waals surface area contributed by atoms with Crippen LogP contribution in [0.5, 0.6) is 0 Å². The smallest absolute Gasteiger partial charge is 0.272 e. The lowest BCUT2D eigenvalue weighted by Gasteiger charge is -2.54. The fraction of sp³-hybridized carbons (Fsp3) is 0.545. The molecule has 3 aliphatic rings. The van der Waals surface area contributed by atoms with Gasteiger partial charge in [0.2, 0.25) is 0 Å².